The Kier molecular flexibility index (Phi) is 9.91. The maximum absolute atomic E-state index is 13.7. The van der Waals surface area contributed by atoms with Crippen LogP contribution < -0.4 is 15.5 Å². The largest absolute Gasteiger partial charge is 0.478 e. The lowest BCUT2D eigenvalue weighted by atomic mass is 9.99. The molecule has 1 amide bonds. The zero-order valence-corrected chi connectivity index (χ0v) is 27.6. The maximum Gasteiger partial charge on any atom is 0.337 e. The number of carboxylic acids is 1. The van der Waals surface area contributed by atoms with Gasteiger partial charge in [0.15, 0.2) is 0 Å². The Bertz CT molecular complexity index is 1800. The Morgan fingerprint density at radius 1 is 1.13 bits per heavy atom. The number of nitrogens with zero attached hydrogens (tertiary/aromatic N) is 4. The van der Waals surface area contributed by atoms with Crippen LogP contribution in [0, 0.1) is 36.5 Å². The van der Waals surface area contributed by atoms with Crippen LogP contribution in [0.1, 0.15) is 57.3 Å². The molecule has 0 bridgehead atoms. The molecule has 5 N–H and O–H groups in total. The van der Waals surface area contributed by atoms with Crippen molar-refractivity contribution in [3.05, 3.63) is 80.2 Å². The molecular formula is C34H36ClN7O3S. The van der Waals surface area contributed by atoms with Crippen molar-refractivity contribution in [3.8, 4) is 11.8 Å². The highest BCUT2D eigenvalue weighted by molar-refractivity contribution is 7.17. The Balaban J connectivity index is 1.37. The molecule has 12 heteroatoms. The minimum Gasteiger partial charge on any atom is -0.478 e. The van der Waals surface area contributed by atoms with Crippen LogP contribution in [0.15, 0.2) is 47.5 Å². The standard InChI is InChI=1S/C34H36ClN7O3S/c1-20-21(2)46-33-30(20)31(24-7-10-25(35)11-8-24)39-28(32(38)42(33)22(3)37)19-29(43)41-16-14-40(15-17-41)26-12-9-23(6-4-5-13-36)27(18-26)34(44)45/h7-12,18,28,37-38H,5,13-17,19,36H2,1-3H3,(H,44,45)/t28-/m0/s1. The molecule has 0 saturated carbocycles. The number of aryl methyl sites for hydroxylation is 1. The van der Waals surface area contributed by atoms with E-state index in [1.165, 1.54) is 11.3 Å². The number of halogens is 1. The Morgan fingerprint density at radius 2 is 1.83 bits per heavy atom. The summed E-state index contributed by atoms with van der Waals surface area (Å²) < 4.78 is 0. The van der Waals surface area contributed by atoms with Crippen LogP contribution in [0.25, 0.3) is 0 Å². The molecule has 46 heavy (non-hydrogen) atoms. The van der Waals surface area contributed by atoms with E-state index in [1.807, 2.05) is 32.0 Å². The third-order valence-corrected chi connectivity index (χ3v) is 9.64. The van der Waals surface area contributed by atoms with Gasteiger partial charge in [-0.15, -0.1) is 11.3 Å². The van der Waals surface area contributed by atoms with Gasteiger partial charge in [0.25, 0.3) is 0 Å². The second-order valence-electron chi connectivity index (χ2n) is 11.2. The smallest absolute Gasteiger partial charge is 0.337 e. The van der Waals surface area contributed by atoms with Crippen molar-refractivity contribution in [2.75, 3.05) is 42.5 Å². The quantitative estimate of drug-likeness (QED) is 0.163. The van der Waals surface area contributed by atoms with E-state index in [0.717, 1.165) is 32.3 Å². The minimum absolute atomic E-state index is 0.0218. The molecule has 2 aromatic carbocycles. The summed E-state index contributed by atoms with van der Waals surface area (Å²) in [7, 11) is 0. The van der Waals surface area contributed by atoms with E-state index in [4.69, 9.17) is 33.1 Å². The van der Waals surface area contributed by atoms with E-state index in [0.29, 0.717) is 55.4 Å². The number of piperazine rings is 1. The molecule has 0 spiro atoms. The van der Waals surface area contributed by atoms with Crippen molar-refractivity contribution in [1.29, 1.82) is 10.8 Å². The number of carboxylic acid groups (broad SMARTS) is 1. The number of hydrogen-bond acceptors (Lipinski definition) is 8. The third-order valence-electron chi connectivity index (χ3n) is 8.19. The molecule has 0 aliphatic carbocycles. The molecule has 1 saturated heterocycles. The van der Waals surface area contributed by atoms with Gasteiger partial charge in [0.1, 0.15) is 22.7 Å². The number of carbonyl (C=O) groups excluding carboxylic acids is 1. The Hall–Kier alpha value is -4.50. The van der Waals surface area contributed by atoms with Crippen molar-refractivity contribution >= 4 is 62.9 Å². The van der Waals surface area contributed by atoms with Crippen LogP contribution in [-0.2, 0) is 4.79 Å². The van der Waals surface area contributed by atoms with Crippen LogP contribution >= 0.6 is 22.9 Å². The molecule has 1 aromatic heterocycles. The van der Waals surface area contributed by atoms with Gasteiger partial charge in [0, 0.05) is 71.4 Å². The molecule has 0 unspecified atom stereocenters. The number of thiophene rings is 1. The summed E-state index contributed by atoms with van der Waals surface area (Å²) in [5.41, 5.74) is 10.2. The minimum atomic E-state index is -1.05. The van der Waals surface area contributed by atoms with Gasteiger partial charge in [0.05, 0.1) is 17.7 Å². The summed E-state index contributed by atoms with van der Waals surface area (Å²) in [6.07, 6.45) is 0.462. The molecule has 238 valence electrons. The first-order valence-corrected chi connectivity index (χ1v) is 16.2. The molecular weight excluding hydrogens is 622 g/mol. The molecule has 3 aromatic rings. The fraction of sp³-hybridized carbons (Fsp3) is 0.324. The van der Waals surface area contributed by atoms with Crippen molar-refractivity contribution in [1.82, 2.24) is 4.90 Å². The molecule has 3 heterocycles. The molecule has 0 radical (unpaired) electrons. The van der Waals surface area contributed by atoms with Crippen molar-refractivity contribution in [2.45, 2.75) is 39.7 Å². The van der Waals surface area contributed by atoms with Gasteiger partial charge in [-0.05, 0) is 56.7 Å². The summed E-state index contributed by atoms with van der Waals surface area (Å²) in [6, 6.07) is 11.8. The van der Waals surface area contributed by atoms with Crippen LogP contribution in [0.3, 0.4) is 0 Å². The molecule has 10 nitrogen and oxygen atoms in total. The molecule has 1 atom stereocenters. The van der Waals surface area contributed by atoms with Gasteiger partial charge in [-0.1, -0.05) is 35.6 Å². The monoisotopic (exact) mass is 657 g/mol. The van der Waals surface area contributed by atoms with E-state index < -0.39 is 12.0 Å². The predicted molar refractivity (Wildman–Crippen MR) is 186 cm³/mol. The average molecular weight is 658 g/mol. The van der Waals surface area contributed by atoms with Gasteiger partial charge in [-0.3, -0.25) is 25.5 Å². The number of benzene rings is 2. The maximum atomic E-state index is 13.7. The zero-order valence-electron chi connectivity index (χ0n) is 26.0. The number of fused-ring (bicyclic) bond motifs is 1. The lowest BCUT2D eigenvalue weighted by Crippen LogP contribution is -2.50. The Labute approximate surface area is 277 Å². The number of carbonyl (C=O) groups is 2. The number of nitrogens with one attached hydrogen (secondary N) is 2. The lowest BCUT2D eigenvalue weighted by Gasteiger charge is -2.37. The predicted octanol–water partition coefficient (Wildman–Crippen LogP) is 5.16. The number of amides is 1. The van der Waals surface area contributed by atoms with Gasteiger partial charge in [-0.2, -0.15) is 0 Å². The summed E-state index contributed by atoms with van der Waals surface area (Å²) in [4.78, 5) is 37.2. The molecule has 1 fully saturated rings. The highest BCUT2D eigenvalue weighted by Gasteiger charge is 2.36. The van der Waals surface area contributed by atoms with E-state index in [1.54, 1.807) is 41.0 Å². The number of hydrogen-bond donors (Lipinski definition) is 4. The number of amidine groups is 2. The zero-order chi connectivity index (χ0) is 33.1. The molecule has 5 rings (SSSR count). The number of rotatable bonds is 6. The number of nitrogens with two attached hydrogens (primary N) is 1. The van der Waals surface area contributed by atoms with Crippen molar-refractivity contribution in [3.63, 3.8) is 0 Å². The first kappa shape index (κ1) is 32.9. The SMILES string of the molecule is CC(=N)N1C(=N)[C@H](CC(=O)N2CCN(c3ccc(C#CCCN)c(C(=O)O)c3)CC2)N=C(c2ccc(Cl)cc2)c2c1sc(C)c2C. The van der Waals surface area contributed by atoms with E-state index >= 15 is 0 Å². The normalized spacial score (nSPS) is 16.3. The van der Waals surface area contributed by atoms with E-state index in [9.17, 15) is 14.7 Å². The molecule has 2 aliphatic heterocycles. The average Bonchev–Trinajstić information content (AvgIpc) is 3.25. The molecule has 2 aliphatic rings. The first-order valence-electron chi connectivity index (χ1n) is 15.0. The number of aromatic carboxylic acids is 1. The fourth-order valence-corrected chi connectivity index (χ4v) is 6.99. The third kappa shape index (κ3) is 6.70. The number of aliphatic imine (C=N–C) groups is 1. The topological polar surface area (TPSA) is 150 Å². The summed E-state index contributed by atoms with van der Waals surface area (Å²) in [5, 5.41) is 28.9. The summed E-state index contributed by atoms with van der Waals surface area (Å²) >= 11 is 7.71. The van der Waals surface area contributed by atoms with Crippen molar-refractivity contribution < 1.29 is 14.7 Å². The van der Waals surface area contributed by atoms with Gasteiger partial charge >= 0.3 is 5.97 Å². The van der Waals surface area contributed by atoms with Gasteiger partial charge in [-0.25, -0.2) is 4.79 Å². The Morgan fingerprint density at radius 3 is 2.46 bits per heavy atom. The highest BCUT2D eigenvalue weighted by Crippen LogP contribution is 2.40. The van der Waals surface area contributed by atoms with Gasteiger partial charge < -0.3 is 20.6 Å². The number of anilines is 2. The van der Waals surface area contributed by atoms with Crippen LogP contribution in [0.5, 0.6) is 0 Å². The van der Waals surface area contributed by atoms with Crippen LogP contribution in [0.4, 0.5) is 10.7 Å². The van der Waals surface area contributed by atoms with Gasteiger partial charge in [0.2, 0.25) is 5.91 Å². The second-order valence-corrected chi connectivity index (χ2v) is 12.9. The highest BCUT2D eigenvalue weighted by atomic mass is 35.5. The van der Waals surface area contributed by atoms with Crippen LogP contribution in [-0.4, -0.2) is 78.0 Å². The summed E-state index contributed by atoms with van der Waals surface area (Å²) in [6.45, 7) is 8.00. The van der Waals surface area contributed by atoms with Crippen LogP contribution in [0.2, 0.25) is 5.02 Å². The fourth-order valence-electron chi connectivity index (χ4n) is 5.64. The second kappa shape index (κ2) is 13.9. The lowest BCUT2D eigenvalue weighted by molar-refractivity contribution is -0.131. The summed E-state index contributed by atoms with van der Waals surface area (Å²) in [5.74, 6) is 4.88. The van der Waals surface area contributed by atoms with Crippen molar-refractivity contribution in [2.24, 2.45) is 10.7 Å². The van der Waals surface area contributed by atoms with E-state index in [-0.39, 0.29) is 29.6 Å². The van der Waals surface area contributed by atoms with E-state index in [2.05, 4.69) is 16.7 Å². The first-order chi connectivity index (χ1) is 22.0.